The highest BCUT2D eigenvalue weighted by molar-refractivity contribution is 6.16. The molecule has 0 radical (unpaired) electrons. The summed E-state index contributed by atoms with van der Waals surface area (Å²) in [5, 5.41) is 7.52. The lowest BCUT2D eigenvalue weighted by Gasteiger charge is -2.15. The molecule has 0 saturated carbocycles. The third-order valence-corrected chi connectivity index (χ3v) is 5.75. The summed E-state index contributed by atoms with van der Waals surface area (Å²) in [6.45, 7) is 2.26. The zero-order valence-corrected chi connectivity index (χ0v) is 16.3. The van der Waals surface area contributed by atoms with E-state index >= 15 is 0 Å². The van der Waals surface area contributed by atoms with Gasteiger partial charge in [-0.1, -0.05) is 55.8 Å². The Labute approximate surface area is 164 Å². The predicted octanol–water partition coefficient (Wildman–Crippen LogP) is 7.05. The molecule has 0 N–H and O–H groups in total. The van der Waals surface area contributed by atoms with Crippen molar-refractivity contribution in [1.82, 2.24) is 4.98 Å². The second-order valence-corrected chi connectivity index (χ2v) is 7.42. The van der Waals surface area contributed by atoms with Gasteiger partial charge >= 0.3 is 0 Å². The van der Waals surface area contributed by atoms with Crippen LogP contribution in [0.3, 0.4) is 0 Å². The Bertz CT molecular complexity index is 1340. The maximum absolute atomic E-state index is 5.41. The molecule has 0 amide bonds. The zero-order valence-electron chi connectivity index (χ0n) is 16.3. The lowest BCUT2D eigenvalue weighted by atomic mass is 9.93. The zero-order chi connectivity index (χ0) is 19.1. The summed E-state index contributed by atoms with van der Waals surface area (Å²) in [5.74, 6) is 0.879. The van der Waals surface area contributed by atoms with Gasteiger partial charge in [0.05, 0.1) is 18.1 Å². The van der Waals surface area contributed by atoms with Crippen molar-refractivity contribution in [3.05, 3.63) is 72.3 Å². The fourth-order valence-electron chi connectivity index (χ4n) is 4.32. The molecular formula is C26H23NO. The smallest absolute Gasteiger partial charge is 0.119 e. The lowest BCUT2D eigenvalue weighted by Crippen LogP contribution is -1.95. The average Bonchev–Trinajstić information content (AvgIpc) is 2.75. The summed E-state index contributed by atoms with van der Waals surface area (Å²) in [6.07, 6.45) is 3.43. The van der Waals surface area contributed by atoms with Crippen LogP contribution >= 0.6 is 0 Å². The number of aromatic nitrogens is 1. The normalized spacial score (nSPS) is 11.6. The first kappa shape index (κ1) is 17.0. The molecule has 0 saturated heterocycles. The lowest BCUT2D eigenvalue weighted by molar-refractivity contribution is 0.415. The fourth-order valence-corrected chi connectivity index (χ4v) is 4.32. The first-order valence-electron chi connectivity index (χ1n) is 10.0. The number of hydrogen-bond acceptors (Lipinski definition) is 2. The van der Waals surface area contributed by atoms with Gasteiger partial charge in [0, 0.05) is 16.2 Å². The molecule has 0 fully saturated rings. The topological polar surface area (TPSA) is 22.1 Å². The van der Waals surface area contributed by atoms with Crippen molar-refractivity contribution in [1.29, 1.82) is 0 Å². The third-order valence-electron chi connectivity index (χ3n) is 5.75. The predicted molar refractivity (Wildman–Crippen MR) is 119 cm³/mol. The number of benzene rings is 4. The van der Waals surface area contributed by atoms with Crippen LogP contribution in [0.5, 0.6) is 5.75 Å². The summed E-state index contributed by atoms with van der Waals surface area (Å²) >= 11 is 0. The molecule has 5 rings (SSSR count). The first-order chi connectivity index (χ1) is 13.8. The molecule has 0 aliphatic heterocycles. The standard InChI is InChI=1S/C26H23NO/c1-3-4-8-22-23-13-10-18-16-19(28-2)12-14-21(18)26(23)27-24-15-11-17-7-5-6-9-20(17)25(22)24/h5-7,9-16H,3-4,8H2,1-2H3. The van der Waals surface area contributed by atoms with E-state index in [0.717, 1.165) is 23.2 Å². The number of ether oxygens (including phenoxy) is 1. The molecule has 0 spiro atoms. The summed E-state index contributed by atoms with van der Waals surface area (Å²) in [7, 11) is 1.71. The van der Waals surface area contributed by atoms with Crippen LogP contribution in [0.25, 0.3) is 43.4 Å². The number of unbranched alkanes of at least 4 members (excludes halogenated alkanes) is 1. The van der Waals surface area contributed by atoms with Crippen molar-refractivity contribution in [3.8, 4) is 5.75 Å². The first-order valence-corrected chi connectivity index (χ1v) is 10.0. The largest absolute Gasteiger partial charge is 0.497 e. The average molecular weight is 365 g/mol. The molecule has 5 aromatic rings. The second kappa shape index (κ2) is 6.79. The van der Waals surface area contributed by atoms with Gasteiger partial charge in [-0.2, -0.15) is 0 Å². The van der Waals surface area contributed by atoms with Crippen LogP contribution in [0, 0.1) is 0 Å². The van der Waals surface area contributed by atoms with E-state index in [9.17, 15) is 0 Å². The maximum Gasteiger partial charge on any atom is 0.119 e. The van der Waals surface area contributed by atoms with Crippen molar-refractivity contribution in [3.63, 3.8) is 0 Å². The van der Waals surface area contributed by atoms with E-state index in [0.29, 0.717) is 0 Å². The molecule has 0 unspecified atom stereocenters. The number of fused-ring (bicyclic) bond motifs is 6. The molecule has 2 heteroatoms. The Morgan fingerprint density at radius 1 is 0.821 bits per heavy atom. The molecule has 0 atom stereocenters. The van der Waals surface area contributed by atoms with Crippen molar-refractivity contribution >= 4 is 43.4 Å². The second-order valence-electron chi connectivity index (χ2n) is 7.42. The van der Waals surface area contributed by atoms with Crippen LogP contribution in [0.15, 0.2) is 66.7 Å². The van der Waals surface area contributed by atoms with Gasteiger partial charge in [0.15, 0.2) is 0 Å². The van der Waals surface area contributed by atoms with Crippen LogP contribution in [0.1, 0.15) is 25.3 Å². The Morgan fingerprint density at radius 3 is 2.50 bits per heavy atom. The van der Waals surface area contributed by atoms with E-state index in [1.54, 1.807) is 7.11 Å². The Balaban J connectivity index is 1.94. The Hall–Kier alpha value is -3.13. The highest BCUT2D eigenvalue weighted by Crippen LogP contribution is 2.36. The van der Waals surface area contributed by atoms with Gasteiger partial charge in [0.25, 0.3) is 0 Å². The van der Waals surface area contributed by atoms with Gasteiger partial charge in [-0.15, -0.1) is 0 Å². The van der Waals surface area contributed by atoms with E-state index in [-0.39, 0.29) is 0 Å². The monoisotopic (exact) mass is 365 g/mol. The van der Waals surface area contributed by atoms with Crippen molar-refractivity contribution < 1.29 is 4.74 Å². The molecule has 28 heavy (non-hydrogen) atoms. The molecule has 1 heterocycles. The summed E-state index contributed by atoms with van der Waals surface area (Å²) in [4.78, 5) is 5.14. The van der Waals surface area contributed by atoms with Crippen LogP contribution in [-0.4, -0.2) is 12.1 Å². The van der Waals surface area contributed by atoms with Crippen LogP contribution in [-0.2, 0) is 6.42 Å². The van der Waals surface area contributed by atoms with E-state index < -0.39 is 0 Å². The number of pyridine rings is 1. The minimum Gasteiger partial charge on any atom is -0.497 e. The summed E-state index contributed by atoms with van der Waals surface area (Å²) < 4.78 is 5.41. The van der Waals surface area contributed by atoms with E-state index in [1.165, 1.54) is 50.7 Å². The van der Waals surface area contributed by atoms with Gasteiger partial charge in [0.2, 0.25) is 0 Å². The molecule has 0 bridgehead atoms. The highest BCUT2D eigenvalue weighted by Gasteiger charge is 2.14. The van der Waals surface area contributed by atoms with E-state index in [4.69, 9.17) is 9.72 Å². The van der Waals surface area contributed by atoms with E-state index in [1.807, 2.05) is 6.07 Å². The Morgan fingerprint density at radius 2 is 1.64 bits per heavy atom. The van der Waals surface area contributed by atoms with Crippen LogP contribution < -0.4 is 4.74 Å². The number of nitrogens with zero attached hydrogens (tertiary/aromatic N) is 1. The number of aryl methyl sites for hydroxylation is 1. The molecule has 0 aliphatic carbocycles. The number of rotatable bonds is 4. The van der Waals surface area contributed by atoms with E-state index in [2.05, 4.69) is 67.6 Å². The molecule has 138 valence electrons. The summed E-state index contributed by atoms with van der Waals surface area (Å²) in [6, 6.07) is 23.7. The quantitative estimate of drug-likeness (QED) is 0.251. The fraction of sp³-hybridized carbons (Fsp3) is 0.192. The highest BCUT2D eigenvalue weighted by atomic mass is 16.5. The van der Waals surface area contributed by atoms with Crippen molar-refractivity contribution in [2.75, 3.05) is 7.11 Å². The van der Waals surface area contributed by atoms with Crippen LogP contribution in [0.4, 0.5) is 0 Å². The number of methoxy groups -OCH3 is 1. The SMILES string of the molecule is CCCCc1c2ccc3cc(OC)ccc3c2nc2ccc3ccccc3c12. The molecular weight excluding hydrogens is 342 g/mol. The maximum atomic E-state index is 5.41. The van der Waals surface area contributed by atoms with Crippen LogP contribution in [0.2, 0.25) is 0 Å². The molecule has 2 nitrogen and oxygen atoms in total. The van der Waals surface area contributed by atoms with Gasteiger partial charge in [-0.3, -0.25) is 0 Å². The molecule has 0 aliphatic rings. The van der Waals surface area contributed by atoms with Gasteiger partial charge < -0.3 is 4.74 Å². The molecule has 1 aromatic heterocycles. The van der Waals surface area contributed by atoms with Gasteiger partial charge in [-0.25, -0.2) is 4.98 Å². The number of hydrogen-bond donors (Lipinski definition) is 0. The third kappa shape index (κ3) is 2.60. The summed E-state index contributed by atoms with van der Waals surface area (Å²) in [5.41, 5.74) is 3.60. The van der Waals surface area contributed by atoms with Crippen molar-refractivity contribution in [2.45, 2.75) is 26.2 Å². The minimum atomic E-state index is 0.879. The van der Waals surface area contributed by atoms with Gasteiger partial charge in [0.1, 0.15) is 5.75 Å². The van der Waals surface area contributed by atoms with Gasteiger partial charge in [-0.05, 0) is 58.8 Å². The molecule has 4 aromatic carbocycles. The van der Waals surface area contributed by atoms with Crippen molar-refractivity contribution in [2.24, 2.45) is 0 Å². The minimum absolute atomic E-state index is 0.879. The Kier molecular flexibility index (Phi) is 4.12.